The van der Waals surface area contributed by atoms with Gasteiger partial charge in [-0.05, 0) is 72.0 Å². The Morgan fingerprint density at radius 1 is 1.17 bits per heavy atom. The number of amides is 1. The molecule has 130 valence electrons. The van der Waals surface area contributed by atoms with Crippen molar-refractivity contribution in [3.63, 3.8) is 0 Å². The zero-order chi connectivity index (χ0) is 17.8. The zero-order valence-electron chi connectivity index (χ0n) is 15.8. The summed E-state index contributed by atoms with van der Waals surface area (Å²) in [7, 11) is 0. The lowest BCUT2D eigenvalue weighted by Gasteiger charge is -2.45. The standard InChI is InChI=1S/C20H32ClNO/c1-8-9-13-16-17(14(2)11-10-12-15(3)21)20(6,7)22-18(23)19(16,4)5/h12-13H,8-11H2,1-7H3,(H,22,23)/b15-12+,16-13?,17-14-. The van der Waals surface area contributed by atoms with Gasteiger partial charge in [0.25, 0.3) is 0 Å². The summed E-state index contributed by atoms with van der Waals surface area (Å²) in [5.41, 5.74) is 2.99. The minimum atomic E-state index is -0.487. The molecule has 0 spiro atoms. The van der Waals surface area contributed by atoms with E-state index in [1.165, 1.54) is 16.7 Å². The second-order valence-electron chi connectivity index (χ2n) is 7.60. The molecule has 0 bridgehead atoms. The fourth-order valence-corrected chi connectivity index (χ4v) is 3.40. The summed E-state index contributed by atoms with van der Waals surface area (Å²) in [4.78, 5) is 12.6. The van der Waals surface area contributed by atoms with Crippen molar-refractivity contribution in [2.24, 2.45) is 5.41 Å². The fourth-order valence-electron chi connectivity index (χ4n) is 3.30. The van der Waals surface area contributed by atoms with E-state index in [1.807, 2.05) is 20.8 Å². The number of hydrogen-bond donors (Lipinski definition) is 1. The summed E-state index contributed by atoms with van der Waals surface area (Å²) in [6.07, 6.45) is 8.29. The molecule has 0 radical (unpaired) electrons. The molecule has 1 heterocycles. The van der Waals surface area contributed by atoms with Gasteiger partial charge in [0.05, 0.1) is 11.0 Å². The third-order valence-electron chi connectivity index (χ3n) is 4.57. The van der Waals surface area contributed by atoms with Crippen LogP contribution in [0.1, 0.15) is 74.1 Å². The van der Waals surface area contributed by atoms with Gasteiger partial charge >= 0.3 is 0 Å². The van der Waals surface area contributed by atoms with Crippen molar-refractivity contribution in [1.29, 1.82) is 0 Å². The Hall–Kier alpha value is -1.02. The quantitative estimate of drug-likeness (QED) is 0.666. The second kappa shape index (κ2) is 7.70. The van der Waals surface area contributed by atoms with Gasteiger partial charge in [-0.25, -0.2) is 0 Å². The van der Waals surface area contributed by atoms with Gasteiger partial charge in [0.2, 0.25) is 5.91 Å². The van der Waals surface area contributed by atoms with Crippen LogP contribution in [0.25, 0.3) is 0 Å². The van der Waals surface area contributed by atoms with Gasteiger partial charge < -0.3 is 5.32 Å². The van der Waals surface area contributed by atoms with Gasteiger partial charge in [0.15, 0.2) is 0 Å². The van der Waals surface area contributed by atoms with E-state index in [-0.39, 0.29) is 11.4 Å². The van der Waals surface area contributed by atoms with E-state index in [0.717, 1.165) is 30.7 Å². The highest BCUT2D eigenvalue weighted by Crippen LogP contribution is 2.44. The van der Waals surface area contributed by atoms with Crippen molar-refractivity contribution in [3.05, 3.63) is 33.9 Å². The average Bonchev–Trinajstić information content (AvgIpc) is 2.40. The Kier molecular flexibility index (Phi) is 6.70. The van der Waals surface area contributed by atoms with Crippen molar-refractivity contribution >= 4 is 17.5 Å². The molecule has 0 saturated carbocycles. The van der Waals surface area contributed by atoms with E-state index in [2.05, 4.69) is 45.2 Å². The van der Waals surface area contributed by atoms with Crippen molar-refractivity contribution < 1.29 is 4.79 Å². The van der Waals surface area contributed by atoms with Crippen LogP contribution in [0, 0.1) is 5.41 Å². The molecule has 1 amide bonds. The highest BCUT2D eigenvalue weighted by molar-refractivity contribution is 6.29. The molecule has 1 fully saturated rings. The molecule has 2 nitrogen and oxygen atoms in total. The van der Waals surface area contributed by atoms with Crippen LogP contribution in [0.4, 0.5) is 0 Å². The number of nitrogens with one attached hydrogen (secondary N) is 1. The Balaban J connectivity index is 3.35. The van der Waals surface area contributed by atoms with Gasteiger partial charge in [0.1, 0.15) is 0 Å². The van der Waals surface area contributed by atoms with Crippen LogP contribution in [0.15, 0.2) is 33.9 Å². The van der Waals surface area contributed by atoms with Crippen molar-refractivity contribution in [2.45, 2.75) is 79.7 Å². The minimum absolute atomic E-state index is 0.109. The molecule has 0 aromatic carbocycles. The Bertz CT molecular complexity index is 546. The number of carbonyl (C=O) groups excluding carboxylic acids is 1. The van der Waals surface area contributed by atoms with Crippen LogP contribution in [0.2, 0.25) is 0 Å². The molecule has 0 unspecified atom stereocenters. The van der Waals surface area contributed by atoms with Crippen molar-refractivity contribution in [2.75, 3.05) is 0 Å². The minimum Gasteiger partial charge on any atom is -0.346 e. The predicted molar refractivity (Wildman–Crippen MR) is 101 cm³/mol. The van der Waals surface area contributed by atoms with Crippen LogP contribution in [0.5, 0.6) is 0 Å². The first kappa shape index (κ1) is 20.0. The molecular weight excluding hydrogens is 306 g/mol. The fraction of sp³-hybridized carbons (Fsp3) is 0.650. The molecule has 1 saturated heterocycles. The number of rotatable bonds is 5. The first-order valence-corrected chi connectivity index (χ1v) is 8.98. The number of allylic oxidation sites excluding steroid dienone is 4. The number of halogens is 1. The van der Waals surface area contributed by atoms with Crippen LogP contribution < -0.4 is 5.32 Å². The molecule has 3 heteroatoms. The van der Waals surface area contributed by atoms with E-state index >= 15 is 0 Å². The van der Waals surface area contributed by atoms with Gasteiger partial charge in [0, 0.05) is 5.03 Å². The smallest absolute Gasteiger partial charge is 0.230 e. The Labute approximate surface area is 147 Å². The molecule has 0 aromatic heterocycles. The first-order valence-electron chi connectivity index (χ1n) is 8.60. The van der Waals surface area contributed by atoms with E-state index < -0.39 is 5.41 Å². The topological polar surface area (TPSA) is 29.1 Å². The maximum atomic E-state index is 12.6. The summed E-state index contributed by atoms with van der Waals surface area (Å²) < 4.78 is 0. The molecular formula is C20H32ClNO. The molecule has 1 aliphatic rings. The van der Waals surface area contributed by atoms with Crippen molar-refractivity contribution in [1.82, 2.24) is 5.32 Å². The molecule has 0 aliphatic carbocycles. The highest BCUT2D eigenvalue weighted by atomic mass is 35.5. The average molecular weight is 338 g/mol. The number of hydrogen-bond acceptors (Lipinski definition) is 1. The van der Waals surface area contributed by atoms with Crippen molar-refractivity contribution in [3.8, 4) is 0 Å². The lowest BCUT2D eigenvalue weighted by molar-refractivity contribution is -0.130. The van der Waals surface area contributed by atoms with E-state index in [0.29, 0.717) is 0 Å². The number of piperidine rings is 1. The molecule has 0 atom stereocenters. The molecule has 1 rings (SSSR count). The Morgan fingerprint density at radius 3 is 2.30 bits per heavy atom. The number of unbranched alkanes of at least 4 members (excludes halogenated alkanes) is 1. The lowest BCUT2D eigenvalue weighted by atomic mass is 9.67. The summed E-state index contributed by atoms with van der Waals surface area (Å²) >= 11 is 5.94. The van der Waals surface area contributed by atoms with Gasteiger partial charge in [-0.1, -0.05) is 42.7 Å². The highest BCUT2D eigenvalue weighted by Gasteiger charge is 2.45. The predicted octanol–water partition coefficient (Wildman–Crippen LogP) is 5.89. The summed E-state index contributed by atoms with van der Waals surface area (Å²) in [5.74, 6) is 0.109. The van der Waals surface area contributed by atoms with Gasteiger partial charge in [-0.3, -0.25) is 4.79 Å². The van der Waals surface area contributed by atoms with Crippen LogP contribution in [0.3, 0.4) is 0 Å². The monoisotopic (exact) mass is 337 g/mol. The molecule has 1 N–H and O–H groups in total. The Morgan fingerprint density at radius 2 is 1.78 bits per heavy atom. The normalized spacial score (nSPS) is 24.6. The second-order valence-corrected chi connectivity index (χ2v) is 8.19. The van der Waals surface area contributed by atoms with E-state index in [1.54, 1.807) is 0 Å². The third kappa shape index (κ3) is 4.73. The SMILES string of the molecule is CCCC=C1/C(=C(\C)CC/C=C(\C)Cl)C(C)(C)NC(=O)C1(C)C. The van der Waals surface area contributed by atoms with Crippen LogP contribution >= 0.6 is 11.6 Å². The maximum Gasteiger partial charge on any atom is 0.230 e. The summed E-state index contributed by atoms with van der Waals surface area (Å²) in [5, 5.41) is 4.04. The van der Waals surface area contributed by atoms with Crippen LogP contribution in [-0.4, -0.2) is 11.4 Å². The summed E-state index contributed by atoms with van der Waals surface area (Å²) in [6, 6.07) is 0. The van der Waals surface area contributed by atoms with Gasteiger partial charge in [-0.15, -0.1) is 0 Å². The van der Waals surface area contributed by atoms with Gasteiger partial charge in [-0.2, -0.15) is 0 Å². The molecule has 0 aromatic rings. The maximum absolute atomic E-state index is 12.6. The largest absolute Gasteiger partial charge is 0.346 e. The van der Waals surface area contributed by atoms with Crippen LogP contribution in [-0.2, 0) is 4.79 Å². The summed E-state index contributed by atoms with van der Waals surface area (Å²) in [6.45, 7) is 14.5. The van der Waals surface area contributed by atoms with E-state index in [9.17, 15) is 4.79 Å². The zero-order valence-corrected chi connectivity index (χ0v) is 16.5. The third-order valence-corrected chi connectivity index (χ3v) is 4.72. The lowest BCUT2D eigenvalue weighted by Crippen LogP contribution is -2.57. The van der Waals surface area contributed by atoms with E-state index in [4.69, 9.17) is 11.6 Å². The molecule has 1 aliphatic heterocycles. The number of carbonyl (C=O) groups is 1. The first-order chi connectivity index (χ1) is 10.5. The molecule has 23 heavy (non-hydrogen) atoms.